The molecule has 0 unspecified atom stereocenters. The molecule has 0 bridgehead atoms. The lowest BCUT2D eigenvalue weighted by Gasteiger charge is -2.08. The van der Waals surface area contributed by atoms with E-state index in [9.17, 15) is 9.59 Å². The quantitative estimate of drug-likeness (QED) is 0.909. The molecule has 4 heteroatoms. The Morgan fingerprint density at radius 3 is 2.72 bits per heavy atom. The minimum atomic E-state index is -0.108. The molecule has 1 amide bonds. The van der Waals surface area contributed by atoms with Gasteiger partial charge in [-0.3, -0.25) is 9.59 Å². The van der Waals surface area contributed by atoms with Crippen molar-refractivity contribution in [1.82, 2.24) is 5.32 Å². The molecule has 0 saturated heterocycles. The molecule has 1 N–H and O–H groups in total. The molecule has 0 radical (unpaired) electrons. The second-order valence-electron chi connectivity index (χ2n) is 5.07. The molecular weight excluding hydrogens is 246 g/mol. The van der Waals surface area contributed by atoms with Crippen LogP contribution in [0.15, 0.2) is 6.07 Å². The fourth-order valence-electron chi connectivity index (χ4n) is 2.06. The van der Waals surface area contributed by atoms with E-state index < -0.39 is 0 Å². The number of Topliss-reactive ketones (excluding diaryl/α,β-unsaturated/α-hetero) is 1. The Hall–Kier alpha value is -1.16. The van der Waals surface area contributed by atoms with Crippen molar-refractivity contribution in [1.29, 1.82) is 0 Å². The van der Waals surface area contributed by atoms with Crippen LogP contribution in [0, 0.1) is 5.92 Å². The summed E-state index contributed by atoms with van der Waals surface area (Å²) < 4.78 is 0. The first-order chi connectivity index (χ1) is 8.58. The first kappa shape index (κ1) is 13.3. The highest BCUT2D eigenvalue weighted by Gasteiger charge is 2.17. The van der Waals surface area contributed by atoms with Crippen LogP contribution in [0.25, 0.3) is 0 Å². The van der Waals surface area contributed by atoms with Crippen molar-refractivity contribution >= 4 is 23.0 Å². The van der Waals surface area contributed by atoms with Crippen LogP contribution in [0.1, 0.15) is 46.8 Å². The Balaban J connectivity index is 1.97. The summed E-state index contributed by atoms with van der Waals surface area (Å²) in [6.45, 7) is 3.83. The standard InChI is InChI=1S/C14H19NO2S/c1-9(2)11(16)8-15-14(17)13-7-10-5-3-4-6-12(10)18-13/h7,9H,3-6,8H2,1-2H3,(H,15,17). The Kier molecular flexibility index (Phi) is 4.17. The summed E-state index contributed by atoms with van der Waals surface area (Å²) in [6, 6.07) is 1.99. The van der Waals surface area contributed by atoms with E-state index in [4.69, 9.17) is 0 Å². The van der Waals surface area contributed by atoms with Gasteiger partial charge >= 0.3 is 0 Å². The summed E-state index contributed by atoms with van der Waals surface area (Å²) in [4.78, 5) is 25.5. The van der Waals surface area contributed by atoms with E-state index in [1.165, 1.54) is 23.3 Å². The molecule has 1 aromatic rings. The van der Waals surface area contributed by atoms with Crippen LogP contribution in [0.3, 0.4) is 0 Å². The number of fused-ring (bicyclic) bond motifs is 1. The maximum Gasteiger partial charge on any atom is 0.261 e. The Labute approximate surface area is 112 Å². The molecule has 0 atom stereocenters. The van der Waals surface area contributed by atoms with Gasteiger partial charge in [0, 0.05) is 10.8 Å². The van der Waals surface area contributed by atoms with E-state index in [0.717, 1.165) is 17.7 Å². The summed E-state index contributed by atoms with van der Waals surface area (Å²) in [5, 5.41) is 2.71. The average molecular weight is 265 g/mol. The molecule has 0 aliphatic heterocycles. The second kappa shape index (κ2) is 5.65. The molecule has 0 spiro atoms. The molecular formula is C14H19NO2S. The summed E-state index contributed by atoms with van der Waals surface area (Å²) in [5.41, 5.74) is 1.33. The largest absolute Gasteiger partial charge is 0.344 e. The molecule has 0 saturated carbocycles. The highest BCUT2D eigenvalue weighted by atomic mass is 32.1. The van der Waals surface area contributed by atoms with Crippen LogP contribution in [0.5, 0.6) is 0 Å². The number of hydrogen-bond acceptors (Lipinski definition) is 3. The summed E-state index contributed by atoms with van der Waals surface area (Å²) in [5.74, 6) is -0.0603. The minimum absolute atomic E-state index is 0.0261. The van der Waals surface area contributed by atoms with Gasteiger partial charge in [-0.2, -0.15) is 0 Å². The third kappa shape index (κ3) is 2.99. The molecule has 1 heterocycles. The lowest BCUT2D eigenvalue weighted by molar-refractivity contribution is -0.120. The third-order valence-electron chi connectivity index (χ3n) is 3.29. The van der Waals surface area contributed by atoms with E-state index in [2.05, 4.69) is 5.32 Å². The second-order valence-corrected chi connectivity index (χ2v) is 6.21. The highest BCUT2D eigenvalue weighted by Crippen LogP contribution is 2.29. The monoisotopic (exact) mass is 265 g/mol. The van der Waals surface area contributed by atoms with Gasteiger partial charge in [-0.05, 0) is 37.3 Å². The predicted molar refractivity (Wildman–Crippen MR) is 73.1 cm³/mol. The smallest absolute Gasteiger partial charge is 0.261 e. The molecule has 0 fully saturated rings. The fraction of sp³-hybridized carbons (Fsp3) is 0.571. The zero-order chi connectivity index (χ0) is 13.1. The lowest BCUT2D eigenvalue weighted by atomic mass is 9.99. The molecule has 1 aliphatic rings. The molecule has 18 heavy (non-hydrogen) atoms. The number of carbonyl (C=O) groups is 2. The first-order valence-corrected chi connectivity index (χ1v) is 7.32. The van der Waals surface area contributed by atoms with Gasteiger partial charge in [-0.25, -0.2) is 0 Å². The Bertz CT molecular complexity index is 439. The van der Waals surface area contributed by atoms with Gasteiger partial charge in [0.1, 0.15) is 0 Å². The molecule has 2 rings (SSSR count). The number of nitrogens with one attached hydrogen (secondary N) is 1. The number of carbonyl (C=O) groups excluding carboxylic acids is 2. The zero-order valence-corrected chi connectivity index (χ0v) is 11.7. The summed E-state index contributed by atoms with van der Waals surface area (Å²) >= 11 is 1.58. The Morgan fingerprint density at radius 2 is 2.06 bits per heavy atom. The number of rotatable bonds is 4. The van der Waals surface area contributed by atoms with Crippen molar-refractivity contribution in [3.8, 4) is 0 Å². The molecule has 98 valence electrons. The van der Waals surface area contributed by atoms with Gasteiger partial charge in [-0.15, -0.1) is 11.3 Å². The van der Waals surface area contributed by atoms with Crippen molar-refractivity contribution < 1.29 is 9.59 Å². The first-order valence-electron chi connectivity index (χ1n) is 6.50. The number of thiophene rings is 1. The van der Waals surface area contributed by atoms with Crippen molar-refractivity contribution in [3.63, 3.8) is 0 Å². The zero-order valence-electron chi connectivity index (χ0n) is 10.9. The van der Waals surface area contributed by atoms with E-state index in [1.54, 1.807) is 11.3 Å². The van der Waals surface area contributed by atoms with E-state index in [0.29, 0.717) is 0 Å². The van der Waals surface area contributed by atoms with E-state index in [-0.39, 0.29) is 24.2 Å². The van der Waals surface area contributed by atoms with E-state index >= 15 is 0 Å². The SMILES string of the molecule is CC(C)C(=O)CNC(=O)c1cc2c(s1)CCCC2. The fourth-order valence-corrected chi connectivity index (χ4v) is 3.23. The van der Waals surface area contributed by atoms with Gasteiger partial charge in [-0.1, -0.05) is 13.8 Å². The number of ketones is 1. The van der Waals surface area contributed by atoms with Gasteiger partial charge in [0.05, 0.1) is 11.4 Å². The lowest BCUT2D eigenvalue weighted by Crippen LogP contribution is -2.31. The van der Waals surface area contributed by atoms with E-state index in [1.807, 2.05) is 19.9 Å². The van der Waals surface area contributed by atoms with Gasteiger partial charge in [0.15, 0.2) is 5.78 Å². The van der Waals surface area contributed by atoms with Crippen LogP contribution in [-0.2, 0) is 17.6 Å². The van der Waals surface area contributed by atoms with Crippen molar-refractivity contribution in [2.45, 2.75) is 39.5 Å². The van der Waals surface area contributed by atoms with Gasteiger partial charge in [0.2, 0.25) is 0 Å². The Morgan fingerprint density at radius 1 is 1.33 bits per heavy atom. The van der Waals surface area contributed by atoms with Crippen LogP contribution in [0.4, 0.5) is 0 Å². The van der Waals surface area contributed by atoms with Crippen molar-refractivity contribution in [2.24, 2.45) is 5.92 Å². The van der Waals surface area contributed by atoms with Crippen LogP contribution in [-0.4, -0.2) is 18.2 Å². The van der Waals surface area contributed by atoms with Crippen LogP contribution < -0.4 is 5.32 Å². The maximum atomic E-state index is 11.9. The minimum Gasteiger partial charge on any atom is -0.344 e. The van der Waals surface area contributed by atoms with Crippen molar-refractivity contribution in [3.05, 3.63) is 21.4 Å². The molecule has 1 aliphatic carbocycles. The third-order valence-corrected chi connectivity index (χ3v) is 4.52. The number of hydrogen-bond donors (Lipinski definition) is 1. The predicted octanol–water partition coefficient (Wildman–Crippen LogP) is 2.58. The maximum absolute atomic E-state index is 11.9. The van der Waals surface area contributed by atoms with Crippen LogP contribution >= 0.6 is 11.3 Å². The van der Waals surface area contributed by atoms with Gasteiger partial charge in [0.25, 0.3) is 5.91 Å². The van der Waals surface area contributed by atoms with Gasteiger partial charge < -0.3 is 5.32 Å². The van der Waals surface area contributed by atoms with Crippen LogP contribution in [0.2, 0.25) is 0 Å². The number of amides is 1. The summed E-state index contributed by atoms with van der Waals surface area (Å²) in [6.07, 6.45) is 4.62. The topological polar surface area (TPSA) is 46.2 Å². The normalized spacial score (nSPS) is 14.4. The van der Waals surface area contributed by atoms with Crippen molar-refractivity contribution in [2.75, 3.05) is 6.54 Å². The average Bonchev–Trinajstić information content (AvgIpc) is 2.79. The molecule has 1 aromatic heterocycles. The summed E-state index contributed by atoms with van der Waals surface area (Å²) in [7, 11) is 0. The number of aryl methyl sites for hydroxylation is 2. The highest BCUT2D eigenvalue weighted by molar-refractivity contribution is 7.14. The molecule has 0 aromatic carbocycles. The molecule has 3 nitrogen and oxygen atoms in total.